The van der Waals surface area contributed by atoms with Gasteiger partial charge in [-0.1, -0.05) is 41.0 Å². The van der Waals surface area contributed by atoms with Gasteiger partial charge in [-0.2, -0.15) is 0 Å². The molecule has 17 heavy (non-hydrogen) atoms. The lowest BCUT2D eigenvalue weighted by Crippen LogP contribution is -2.35. The quantitative estimate of drug-likeness (QED) is 0.689. The van der Waals surface area contributed by atoms with Crippen molar-refractivity contribution in [2.75, 3.05) is 0 Å². The topological polar surface area (TPSA) is 26.3 Å². The second-order valence-electron chi connectivity index (χ2n) is 6.66. The molecule has 1 aliphatic rings. The minimum atomic E-state index is 0.00162. The highest BCUT2D eigenvalue weighted by molar-refractivity contribution is 5.72. The first kappa shape index (κ1) is 14.5. The molecule has 2 heteroatoms. The van der Waals surface area contributed by atoms with Crippen molar-refractivity contribution in [2.45, 2.75) is 72.8 Å². The fourth-order valence-electron chi connectivity index (χ4n) is 3.18. The number of hydrogen-bond acceptors (Lipinski definition) is 2. The van der Waals surface area contributed by atoms with E-state index < -0.39 is 0 Å². The van der Waals surface area contributed by atoms with E-state index in [1.807, 2.05) is 6.92 Å². The van der Waals surface area contributed by atoms with Crippen molar-refractivity contribution in [1.29, 1.82) is 0 Å². The zero-order valence-electron chi connectivity index (χ0n) is 12.1. The highest BCUT2D eigenvalue weighted by atomic mass is 16.5. The zero-order valence-corrected chi connectivity index (χ0v) is 12.1. The number of hydrogen-bond donors (Lipinski definition) is 0. The molecule has 1 rings (SSSR count). The van der Waals surface area contributed by atoms with E-state index in [1.54, 1.807) is 0 Å². The van der Waals surface area contributed by atoms with Crippen LogP contribution in [0.2, 0.25) is 0 Å². The maximum Gasteiger partial charge on any atom is 0.308 e. The van der Waals surface area contributed by atoms with Crippen LogP contribution in [0.25, 0.3) is 0 Å². The fourth-order valence-corrected chi connectivity index (χ4v) is 3.18. The van der Waals surface area contributed by atoms with Crippen molar-refractivity contribution in [3.05, 3.63) is 0 Å². The van der Waals surface area contributed by atoms with Crippen molar-refractivity contribution in [1.82, 2.24) is 0 Å². The number of esters is 1. The minimum absolute atomic E-state index is 0.00162. The van der Waals surface area contributed by atoms with Crippen LogP contribution in [-0.2, 0) is 9.53 Å². The average Bonchev–Trinajstić information content (AvgIpc) is 2.14. The summed E-state index contributed by atoms with van der Waals surface area (Å²) in [6.45, 7) is 10.9. The Balaban J connectivity index is 2.48. The van der Waals surface area contributed by atoms with Crippen LogP contribution in [0.15, 0.2) is 0 Å². The van der Waals surface area contributed by atoms with Gasteiger partial charge in [0.05, 0.1) is 5.92 Å². The Bertz CT molecular complexity index is 258. The van der Waals surface area contributed by atoms with E-state index in [2.05, 4.69) is 27.7 Å². The maximum atomic E-state index is 11.9. The van der Waals surface area contributed by atoms with E-state index in [1.165, 1.54) is 6.42 Å². The largest absolute Gasteiger partial charge is 0.462 e. The van der Waals surface area contributed by atoms with Gasteiger partial charge in [0.15, 0.2) is 0 Å². The van der Waals surface area contributed by atoms with Crippen molar-refractivity contribution in [3.8, 4) is 0 Å². The summed E-state index contributed by atoms with van der Waals surface area (Å²) < 4.78 is 5.67. The van der Waals surface area contributed by atoms with Gasteiger partial charge in [0, 0.05) is 0 Å². The Morgan fingerprint density at radius 1 is 1.41 bits per heavy atom. The number of carbonyl (C=O) groups is 1. The molecular formula is C15H28O2. The molecule has 0 aromatic carbocycles. The van der Waals surface area contributed by atoms with Gasteiger partial charge >= 0.3 is 5.97 Å². The second kappa shape index (κ2) is 5.88. The van der Waals surface area contributed by atoms with Crippen molar-refractivity contribution in [2.24, 2.45) is 17.3 Å². The lowest BCUT2D eigenvalue weighted by Gasteiger charge is -2.38. The van der Waals surface area contributed by atoms with Gasteiger partial charge in [0.2, 0.25) is 0 Å². The minimum Gasteiger partial charge on any atom is -0.462 e. The number of rotatable bonds is 4. The fraction of sp³-hybridized carbons (Fsp3) is 0.933. The summed E-state index contributed by atoms with van der Waals surface area (Å²) in [5.41, 5.74) is 0.316. The van der Waals surface area contributed by atoms with Crippen LogP contribution in [-0.4, -0.2) is 12.1 Å². The molecule has 3 unspecified atom stereocenters. The summed E-state index contributed by atoms with van der Waals surface area (Å²) in [7, 11) is 0. The summed E-state index contributed by atoms with van der Waals surface area (Å²) in [6, 6.07) is 0. The smallest absolute Gasteiger partial charge is 0.308 e. The Hall–Kier alpha value is -0.530. The first-order valence-electron chi connectivity index (χ1n) is 7.04. The first-order chi connectivity index (χ1) is 7.84. The van der Waals surface area contributed by atoms with Crippen molar-refractivity contribution in [3.63, 3.8) is 0 Å². The predicted octanol–water partition coefficient (Wildman–Crippen LogP) is 4.18. The van der Waals surface area contributed by atoms with Crippen LogP contribution in [0.4, 0.5) is 0 Å². The lowest BCUT2D eigenvalue weighted by atomic mass is 9.71. The van der Waals surface area contributed by atoms with E-state index in [0.717, 1.165) is 25.7 Å². The van der Waals surface area contributed by atoms with Crippen molar-refractivity contribution < 1.29 is 9.53 Å². The highest BCUT2D eigenvalue weighted by Gasteiger charge is 2.34. The standard InChI is InChI=1S/C15H28O2/c1-6-7-12(3)14(16)17-13-8-11(2)9-15(4,5)10-13/h11-13H,6-10H2,1-5H3. The summed E-state index contributed by atoms with van der Waals surface area (Å²) in [5, 5.41) is 0. The molecule has 0 amide bonds. The van der Waals surface area contributed by atoms with Crippen LogP contribution in [0.1, 0.15) is 66.7 Å². The van der Waals surface area contributed by atoms with Gasteiger partial charge in [-0.25, -0.2) is 0 Å². The molecule has 0 aliphatic heterocycles. The first-order valence-corrected chi connectivity index (χ1v) is 7.04. The molecule has 100 valence electrons. The molecule has 3 atom stereocenters. The van der Waals surface area contributed by atoms with Gasteiger partial charge in [0.25, 0.3) is 0 Å². The molecule has 0 heterocycles. The summed E-state index contributed by atoms with van der Waals surface area (Å²) >= 11 is 0. The molecule has 2 nitrogen and oxygen atoms in total. The van der Waals surface area contributed by atoms with Crippen LogP contribution in [0.3, 0.4) is 0 Å². The third-order valence-electron chi connectivity index (χ3n) is 3.75. The molecule has 0 aromatic heterocycles. The van der Waals surface area contributed by atoms with E-state index in [4.69, 9.17) is 4.74 Å². The molecule has 1 aliphatic carbocycles. The third kappa shape index (κ3) is 4.69. The van der Waals surface area contributed by atoms with Crippen LogP contribution in [0, 0.1) is 17.3 Å². The molecule has 0 spiro atoms. The van der Waals surface area contributed by atoms with Crippen molar-refractivity contribution >= 4 is 5.97 Å². The Labute approximate surface area is 106 Å². The van der Waals surface area contributed by atoms with Crippen LogP contribution >= 0.6 is 0 Å². The number of carbonyl (C=O) groups excluding carboxylic acids is 1. The third-order valence-corrected chi connectivity index (χ3v) is 3.75. The normalized spacial score (nSPS) is 29.7. The Kier molecular flexibility index (Phi) is 5.03. The van der Waals surface area contributed by atoms with E-state index in [0.29, 0.717) is 11.3 Å². The second-order valence-corrected chi connectivity index (χ2v) is 6.66. The van der Waals surface area contributed by atoms with Gasteiger partial charge in [-0.15, -0.1) is 0 Å². The van der Waals surface area contributed by atoms with Gasteiger partial charge in [0.1, 0.15) is 6.10 Å². The number of ether oxygens (including phenoxy) is 1. The Morgan fingerprint density at radius 2 is 2.06 bits per heavy atom. The van der Waals surface area contributed by atoms with E-state index in [9.17, 15) is 4.79 Å². The predicted molar refractivity (Wildman–Crippen MR) is 70.7 cm³/mol. The zero-order chi connectivity index (χ0) is 13.1. The molecule has 0 saturated heterocycles. The molecule has 0 N–H and O–H groups in total. The molecule has 0 aromatic rings. The Morgan fingerprint density at radius 3 is 2.59 bits per heavy atom. The van der Waals surface area contributed by atoms with Gasteiger partial charge in [-0.3, -0.25) is 4.79 Å². The molecule has 0 bridgehead atoms. The lowest BCUT2D eigenvalue weighted by molar-refractivity contribution is -0.158. The van der Waals surface area contributed by atoms with Crippen LogP contribution < -0.4 is 0 Å². The average molecular weight is 240 g/mol. The molecular weight excluding hydrogens is 212 g/mol. The molecule has 1 fully saturated rings. The van der Waals surface area contributed by atoms with Gasteiger partial charge in [-0.05, 0) is 37.0 Å². The summed E-state index contributed by atoms with van der Waals surface area (Å²) in [5.74, 6) is 0.722. The maximum absolute atomic E-state index is 11.9. The van der Waals surface area contributed by atoms with Gasteiger partial charge < -0.3 is 4.74 Å². The van der Waals surface area contributed by atoms with Crippen LogP contribution in [0.5, 0.6) is 0 Å². The monoisotopic (exact) mass is 240 g/mol. The molecule has 1 saturated carbocycles. The van der Waals surface area contributed by atoms with E-state index in [-0.39, 0.29) is 18.0 Å². The SMILES string of the molecule is CCCC(C)C(=O)OC1CC(C)CC(C)(C)C1. The van der Waals surface area contributed by atoms with E-state index >= 15 is 0 Å². The molecule has 0 radical (unpaired) electrons. The summed E-state index contributed by atoms with van der Waals surface area (Å²) in [4.78, 5) is 11.9. The summed E-state index contributed by atoms with van der Waals surface area (Å²) in [6.07, 6.45) is 5.41. The highest BCUT2D eigenvalue weighted by Crippen LogP contribution is 2.39.